The molecule has 0 radical (unpaired) electrons. The van der Waals surface area contributed by atoms with Crippen molar-refractivity contribution >= 4 is 6.09 Å². The van der Waals surface area contributed by atoms with Gasteiger partial charge in [0.2, 0.25) is 0 Å². The van der Waals surface area contributed by atoms with Crippen molar-refractivity contribution in [2.45, 2.75) is 12.8 Å². The summed E-state index contributed by atoms with van der Waals surface area (Å²) >= 11 is 0. The highest BCUT2D eigenvalue weighted by molar-refractivity contribution is 5.68. The molecule has 0 aromatic heterocycles. The average molecular weight is 253 g/mol. The van der Waals surface area contributed by atoms with Gasteiger partial charge in [-0.1, -0.05) is 0 Å². The summed E-state index contributed by atoms with van der Waals surface area (Å²) in [6.45, 7) is -0.997. The van der Waals surface area contributed by atoms with Crippen molar-refractivity contribution < 1.29 is 32.2 Å². The molecule has 1 amide bonds. The van der Waals surface area contributed by atoms with Crippen LogP contribution in [0, 0.1) is 5.82 Å². The summed E-state index contributed by atoms with van der Waals surface area (Å²) in [5, 5.41) is 8.68. The molecule has 0 aliphatic carbocycles. The highest BCUT2D eigenvalue weighted by Crippen LogP contribution is 2.35. The van der Waals surface area contributed by atoms with Crippen molar-refractivity contribution in [1.82, 2.24) is 0 Å². The second-order valence-electron chi connectivity index (χ2n) is 3.02. The molecule has 0 atom stereocenters. The molecule has 17 heavy (non-hydrogen) atoms. The molecule has 0 spiro atoms. The van der Waals surface area contributed by atoms with E-state index in [1.165, 1.54) is 0 Å². The Balaban J connectivity index is 3.32. The number of aliphatic hydroxyl groups is 1. The normalized spacial score (nSPS) is 11.4. The predicted octanol–water partition coefficient (Wildman–Crippen LogP) is 1.79. The third kappa shape index (κ3) is 3.06. The van der Waals surface area contributed by atoms with Gasteiger partial charge in [-0.2, -0.15) is 13.2 Å². The van der Waals surface area contributed by atoms with Gasteiger partial charge in [-0.05, 0) is 17.7 Å². The van der Waals surface area contributed by atoms with Gasteiger partial charge in [0.05, 0.1) is 12.2 Å². The van der Waals surface area contributed by atoms with E-state index in [1.807, 2.05) is 0 Å². The Morgan fingerprint density at radius 3 is 2.41 bits per heavy atom. The predicted molar refractivity (Wildman–Crippen MR) is 47.5 cm³/mol. The maximum atomic E-state index is 13.2. The maximum Gasteiger partial charge on any atom is 0.416 e. The van der Waals surface area contributed by atoms with Gasteiger partial charge < -0.3 is 15.6 Å². The van der Waals surface area contributed by atoms with Crippen molar-refractivity contribution in [2.24, 2.45) is 5.73 Å². The third-order valence-electron chi connectivity index (χ3n) is 1.84. The summed E-state index contributed by atoms with van der Waals surface area (Å²) in [6, 6.07) is 0.701. The number of aliphatic hydroxyl groups excluding tert-OH is 1. The molecule has 0 aliphatic heterocycles. The average Bonchev–Trinajstić information content (AvgIpc) is 2.18. The van der Waals surface area contributed by atoms with Gasteiger partial charge in [0, 0.05) is 0 Å². The molecule has 3 N–H and O–H groups in total. The van der Waals surface area contributed by atoms with E-state index in [2.05, 4.69) is 10.5 Å². The monoisotopic (exact) mass is 253 g/mol. The van der Waals surface area contributed by atoms with Gasteiger partial charge in [-0.25, -0.2) is 9.18 Å². The largest absolute Gasteiger partial charge is 0.416 e. The third-order valence-corrected chi connectivity index (χ3v) is 1.84. The quantitative estimate of drug-likeness (QED) is 0.789. The molecule has 0 unspecified atom stereocenters. The van der Waals surface area contributed by atoms with Crippen LogP contribution in [-0.4, -0.2) is 11.2 Å². The first-order valence-corrected chi connectivity index (χ1v) is 4.23. The number of nitrogens with two attached hydrogens (primary N) is 1. The molecule has 8 heteroatoms. The fraction of sp³-hybridized carbons (Fsp3) is 0.222. The SMILES string of the molecule is NC(=O)Oc1cc(C(F)(F)F)c(CO)cc1F. The number of ether oxygens (including phenoxy) is 1. The molecule has 0 saturated heterocycles. The summed E-state index contributed by atoms with van der Waals surface area (Å²) in [4.78, 5) is 10.3. The van der Waals surface area contributed by atoms with Crippen LogP contribution in [0.15, 0.2) is 12.1 Å². The van der Waals surface area contributed by atoms with E-state index in [4.69, 9.17) is 5.11 Å². The van der Waals surface area contributed by atoms with Crippen LogP contribution < -0.4 is 10.5 Å². The molecule has 4 nitrogen and oxygen atoms in total. The van der Waals surface area contributed by atoms with E-state index in [-0.39, 0.29) is 6.07 Å². The summed E-state index contributed by atoms with van der Waals surface area (Å²) in [5.74, 6) is -2.16. The van der Waals surface area contributed by atoms with E-state index >= 15 is 0 Å². The first-order valence-electron chi connectivity index (χ1n) is 4.23. The molecule has 0 heterocycles. The number of hydrogen-bond acceptors (Lipinski definition) is 3. The lowest BCUT2D eigenvalue weighted by molar-refractivity contribution is -0.138. The summed E-state index contributed by atoms with van der Waals surface area (Å²) in [7, 11) is 0. The van der Waals surface area contributed by atoms with Crippen LogP contribution in [0.1, 0.15) is 11.1 Å². The van der Waals surface area contributed by atoms with Crippen LogP contribution in [-0.2, 0) is 12.8 Å². The molecule has 0 saturated carbocycles. The lowest BCUT2D eigenvalue weighted by Gasteiger charge is -2.13. The Hall–Kier alpha value is -1.83. The van der Waals surface area contributed by atoms with Crippen LogP contribution in [0.2, 0.25) is 0 Å². The highest BCUT2D eigenvalue weighted by atomic mass is 19.4. The second-order valence-corrected chi connectivity index (χ2v) is 3.02. The smallest absolute Gasteiger partial charge is 0.407 e. The minimum absolute atomic E-state index is 0.269. The van der Waals surface area contributed by atoms with E-state index < -0.39 is 41.6 Å². The van der Waals surface area contributed by atoms with Crippen LogP contribution in [0.3, 0.4) is 0 Å². The van der Waals surface area contributed by atoms with Crippen molar-refractivity contribution in [3.05, 3.63) is 29.1 Å². The first kappa shape index (κ1) is 13.2. The van der Waals surface area contributed by atoms with Gasteiger partial charge in [-0.15, -0.1) is 0 Å². The van der Waals surface area contributed by atoms with E-state index in [0.717, 1.165) is 0 Å². The lowest BCUT2D eigenvalue weighted by atomic mass is 10.1. The molecule has 1 aromatic carbocycles. The lowest BCUT2D eigenvalue weighted by Crippen LogP contribution is -2.18. The van der Waals surface area contributed by atoms with Crippen molar-refractivity contribution in [3.63, 3.8) is 0 Å². The van der Waals surface area contributed by atoms with Crippen molar-refractivity contribution in [2.75, 3.05) is 0 Å². The minimum Gasteiger partial charge on any atom is -0.407 e. The molecule has 0 aliphatic rings. The van der Waals surface area contributed by atoms with Crippen LogP contribution in [0.4, 0.5) is 22.4 Å². The fourth-order valence-corrected chi connectivity index (χ4v) is 1.18. The summed E-state index contributed by atoms with van der Waals surface area (Å²) < 4.78 is 54.7. The topological polar surface area (TPSA) is 72.6 Å². The fourth-order valence-electron chi connectivity index (χ4n) is 1.18. The van der Waals surface area contributed by atoms with E-state index in [0.29, 0.717) is 6.07 Å². The maximum absolute atomic E-state index is 13.2. The number of primary amides is 1. The van der Waals surface area contributed by atoms with Gasteiger partial charge in [-0.3, -0.25) is 0 Å². The Labute approximate surface area is 92.6 Å². The second kappa shape index (κ2) is 4.58. The van der Waals surface area contributed by atoms with Crippen LogP contribution in [0.25, 0.3) is 0 Å². The van der Waals surface area contributed by atoms with Gasteiger partial charge in [0.25, 0.3) is 0 Å². The standard InChI is InChI=1S/C9H7F4NO3/c10-6-1-4(3-15)5(9(11,12)13)2-7(6)17-8(14)16/h1-2,15H,3H2,(H2,14,16). The van der Waals surface area contributed by atoms with Crippen LogP contribution in [0.5, 0.6) is 5.75 Å². The molecule has 1 rings (SSSR count). The number of amides is 1. The molecule has 94 valence electrons. The number of rotatable bonds is 2. The van der Waals surface area contributed by atoms with Gasteiger partial charge in [0.15, 0.2) is 11.6 Å². The van der Waals surface area contributed by atoms with Crippen LogP contribution >= 0.6 is 0 Å². The molecular weight excluding hydrogens is 246 g/mol. The zero-order chi connectivity index (χ0) is 13.2. The Kier molecular flexibility index (Phi) is 3.56. The first-order chi connectivity index (χ1) is 7.75. The number of hydrogen-bond donors (Lipinski definition) is 2. The number of halogens is 4. The van der Waals surface area contributed by atoms with Gasteiger partial charge in [0.1, 0.15) is 0 Å². The molecular formula is C9H7F4NO3. The van der Waals surface area contributed by atoms with Gasteiger partial charge >= 0.3 is 12.3 Å². The summed E-state index contributed by atoms with van der Waals surface area (Å²) in [5.41, 5.74) is 2.61. The Morgan fingerprint density at radius 2 is 2.00 bits per heavy atom. The Bertz CT molecular complexity index is 445. The number of carbonyl (C=O) groups excluding carboxylic acids is 1. The molecule has 0 bridgehead atoms. The zero-order valence-electron chi connectivity index (χ0n) is 8.21. The van der Waals surface area contributed by atoms with Crippen molar-refractivity contribution in [1.29, 1.82) is 0 Å². The van der Waals surface area contributed by atoms with E-state index in [9.17, 15) is 22.4 Å². The highest BCUT2D eigenvalue weighted by Gasteiger charge is 2.34. The summed E-state index contributed by atoms with van der Waals surface area (Å²) in [6.07, 6.45) is -6.24. The zero-order valence-corrected chi connectivity index (χ0v) is 8.21. The molecule has 1 aromatic rings. The Morgan fingerprint density at radius 1 is 1.41 bits per heavy atom. The van der Waals surface area contributed by atoms with E-state index in [1.54, 1.807) is 0 Å². The number of benzene rings is 1. The van der Waals surface area contributed by atoms with Crippen molar-refractivity contribution in [3.8, 4) is 5.75 Å². The number of alkyl halides is 3. The minimum atomic E-state index is -4.80. The number of carbonyl (C=O) groups is 1. The molecule has 0 fully saturated rings.